The molecule has 1 N–H and O–H groups in total. The van der Waals surface area contributed by atoms with Crippen LogP contribution in [0.5, 0.6) is 0 Å². The van der Waals surface area contributed by atoms with E-state index in [1.807, 2.05) is 32.0 Å². The Morgan fingerprint density at radius 2 is 2.00 bits per heavy atom. The monoisotopic (exact) mass is 300 g/mol. The molecule has 1 aromatic carbocycles. The minimum absolute atomic E-state index is 0.142. The highest BCUT2D eigenvalue weighted by molar-refractivity contribution is 6.06. The quantitative estimate of drug-likeness (QED) is 0.881. The molecule has 0 saturated heterocycles. The molecule has 2 rings (SSSR count). The van der Waals surface area contributed by atoms with E-state index in [0.717, 1.165) is 22.2 Å². The van der Waals surface area contributed by atoms with Gasteiger partial charge in [-0.25, -0.2) is 0 Å². The number of hydrogen-bond acceptors (Lipinski definition) is 4. The number of amides is 1. The Morgan fingerprint density at radius 3 is 2.68 bits per heavy atom. The molecule has 0 aliphatic carbocycles. The van der Waals surface area contributed by atoms with Crippen molar-refractivity contribution in [2.45, 2.75) is 33.2 Å². The summed E-state index contributed by atoms with van der Waals surface area (Å²) >= 11 is 0. The summed E-state index contributed by atoms with van der Waals surface area (Å²) in [6.07, 6.45) is 0.142. The first-order valence-electron chi connectivity index (χ1n) is 7.16. The van der Waals surface area contributed by atoms with E-state index in [9.17, 15) is 9.59 Å². The minimum atomic E-state index is -0.348. The second kappa shape index (κ2) is 6.56. The van der Waals surface area contributed by atoms with Gasteiger partial charge in [-0.2, -0.15) is 0 Å². The molecular formula is C17H20N2O3. The predicted octanol–water partition coefficient (Wildman–Crippen LogP) is 2.53. The molecule has 2 aromatic rings. The zero-order valence-corrected chi connectivity index (χ0v) is 13.3. The lowest BCUT2D eigenvalue weighted by Crippen LogP contribution is -2.34. The Bertz CT molecular complexity index is 725. The number of aryl methyl sites for hydroxylation is 2. The molecular weight excluding hydrogens is 280 g/mol. The maximum Gasteiger partial charge on any atom is 0.307 e. The fraction of sp³-hybridized carbons (Fsp3) is 0.353. The summed E-state index contributed by atoms with van der Waals surface area (Å²) in [7, 11) is 1.33. The van der Waals surface area contributed by atoms with Gasteiger partial charge in [0, 0.05) is 17.1 Å². The molecule has 0 saturated carbocycles. The molecule has 1 aromatic heterocycles. The Balaban J connectivity index is 2.31. The second-order valence-corrected chi connectivity index (χ2v) is 5.49. The van der Waals surface area contributed by atoms with Crippen molar-refractivity contribution in [1.29, 1.82) is 0 Å². The van der Waals surface area contributed by atoms with E-state index in [1.165, 1.54) is 7.11 Å². The normalized spacial score (nSPS) is 12.0. The van der Waals surface area contributed by atoms with Crippen molar-refractivity contribution < 1.29 is 14.3 Å². The van der Waals surface area contributed by atoms with E-state index in [1.54, 1.807) is 13.0 Å². The standard InChI is InChI=1S/C17H20N2O3/c1-10-5-6-15-13(7-10)14(8-11(2)18-15)17(21)19-12(3)9-16(20)22-4/h5-8,12H,9H2,1-4H3,(H,19,21). The van der Waals surface area contributed by atoms with Crippen LogP contribution in [0.15, 0.2) is 24.3 Å². The van der Waals surface area contributed by atoms with Gasteiger partial charge >= 0.3 is 5.97 Å². The van der Waals surface area contributed by atoms with Crippen LogP contribution in [0.3, 0.4) is 0 Å². The average molecular weight is 300 g/mol. The third-order valence-electron chi connectivity index (χ3n) is 3.41. The van der Waals surface area contributed by atoms with Gasteiger partial charge in [-0.05, 0) is 39.0 Å². The number of pyridine rings is 1. The summed E-state index contributed by atoms with van der Waals surface area (Å²) in [5, 5.41) is 3.65. The minimum Gasteiger partial charge on any atom is -0.469 e. The Morgan fingerprint density at radius 1 is 1.27 bits per heavy atom. The van der Waals surface area contributed by atoms with E-state index in [0.29, 0.717) is 5.56 Å². The van der Waals surface area contributed by atoms with Gasteiger partial charge in [-0.15, -0.1) is 0 Å². The Hall–Kier alpha value is -2.43. The average Bonchev–Trinajstić information content (AvgIpc) is 2.46. The number of carbonyl (C=O) groups excluding carboxylic acids is 2. The lowest BCUT2D eigenvalue weighted by molar-refractivity contribution is -0.141. The van der Waals surface area contributed by atoms with E-state index in [2.05, 4.69) is 15.0 Å². The lowest BCUT2D eigenvalue weighted by atomic mass is 10.0. The van der Waals surface area contributed by atoms with Gasteiger partial charge in [-0.1, -0.05) is 11.6 Å². The highest BCUT2D eigenvalue weighted by Gasteiger charge is 2.16. The third kappa shape index (κ3) is 3.61. The fourth-order valence-corrected chi connectivity index (χ4v) is 2.35. The van der Waals surface area contributed by atoms with Crippen LogP contribution in [0.25, 0.3) is 10.9 Å². The van der Waals surface area contributed by atoms with Crippen LogP contribution in [0, 0.1) is 13.8 Å². The first-order chi connectivity index (χ1) is 10.4. The number of aromatic nitrogens is 1. The Kier molecular flexibility index (Phi) is 4.75. The maximum atomic E-state index is 12.5. The van der Waals surface area contributed by atoms with Gasteiger partial charge in [-0.3, -0.25) is 14.6 Å². The molecule has 1 heterocycles. The summed E-state index contributed by atoms with van der Waals surface area (Å²) in [4.78, 5) is 28.2. The maximum absolute atomic E-state index is 12.5. The van der Waals surface area contributed by atoms with Crippen molar-refractivity contribution in [2.75, 3.05) is 7.11 Å². The Labute approximate surface area is 129 Å². The van der Waals surface area contributed by atoms with Crippen LogP contribution in [0.2, 0.25) is 0 Å². The molecule has 1 amide bonds. The van der Waals surface area contributed by atoms with Crippen LogP contribution in [0.4, 0.5) is 0 Å². The molecule has 5 heteroatoms. The number of fused-ring (bicyclic) bond motifs is 1. The van der Waals surface area contributed by atoms with E-state index >= 15 is 0 Å². The molecule has 5 nitrogen and oxygen atoms in total. The van der Waals surface area contributed by atoms with Crippen LogP contribution in [0.1, 0.15) is 35.0 Å². The lowest BCUT2D eigenvalue weighted by Gasteiger charge is -2.14. The first kappa shape index (κ1) is 15.9. The summed E-state index contributed by atoms with van der Waals surface area (Å²) < 4.78 is 4.61. The van der Waals surface area contributed by atoms with Crippen molar-refractivity contribution in [1.82, 2.24) is 10.3 Å². The van der Waals surface area contributed by atoms with Crippen molar-refractivity contribution in [3.05, 3.63) is 41.1 Å². The number of methoxy groups -OCH3 is 1. The number of hydrogen-bond donors (Lipinski definition) is 1. The molecule has 116 valence electrons. The topological polar surface area (TPSA) is 68.3 Å². The predicted molar refractivity (Wildman–Crippen MR) is 84.8 cm³/mol. The fourth-order valence-electron chi connectivity index (χ4n) is 2.35. The highest BCUT2D eigenvalue weighted by Crippen LogP contribution is 2.20. The number of nitrogens with zero attached hydrogens (tertiary/aromatic N) is 1. The number of benzene rings is 1. The first-order valence-corrected chi connectivity index (χ1v) is 7.16. The van der Waals surface area contributed by atoms with Crippen molar-refractivity contribution >= 4 is 22.8 Å². The largest absolute Gasteiger partial charge is 0.469 e. The molecule has 0 spiro atoms. The molecule has 0 aliphatic rings. The molecule has 0 bridgehead atoms. The number of ether oxygens (including phenoxy) is 1. The number of nitrogens with one attached hydrogen (secondary N) is 1. The number of rotatable bonds is 4. The number of carbonyl (C=O) groups is 2. The van der Waals surface area contributed by atoms with E-state index in [-0.39, 0.29) is 24.3 Å². The van der Waals surface area contributed by atoms with Crippen LogP contribution in [-0.4, -0.2) is 30.0 Å². The van der Waals surface area contributed by atoms with Crippen LogP contribution >= 0.6 is 0 Å². The second-order valence-electron chi connectivity index (χ2n) is 5.49. The van der Waals surface area contributed by atoms with Gasteiger partial charge in [0.1, 0.15) is 0 Å². The highest BCUT2D eigenvalue weighted by atomic mass is 16.5. The molecule has 22 heavy (non-hydrogen) atoms. The van der Waals surface area contributed by atoms with Crippen LogP contribution in [-0.2, 0) is 9.53 Å². The van der Waals surface area contributed by atoms with Crippen molar-refractivity contribution in [3.8, 4) is 0 Å². The molecule has 1 unspecified atom stereocenters. The summed E-state index contributed by atoms with van der Waals surface area (Å²) in [5.41, 5.74) is 3.20. The smallest absolute Gasteiger partial charge is 0.307 e. The number of esters is 1. The molecule has 0 fully saturated rings. The third-order valence-corrected chi connectivity index (χ3v) is 3.41. The summed E-state index contributed by atoms with van der Waals surface area (Å²) in [6.45, 7) is 5.60. The molecule has 1 atom stereocenters. The van der Waals surface area contributed by atoms with Gasteiger partial charge in [0.15, 0.2) is 0 Å². The SMILES string of the molecule is COC(=O)CC(C)NC(=O)c1cc(C)nc2ccc(C)cc12. The van der Waals surface area contributed by atoms with Gasteiger partial charge in [0.25, 0.3) is 5.91 Å². The summed E-state index contributed by atoms with van der Waals surface area (Å²) in [6, 6.07) is 7.29. The van der Waals surface area contributed by atoms with E-state index < -0.39 is 0 Å². The van der Waals surface area contributed by atoms with Crippen molar-refractivity contribution in [3.63, 3.8) is 0 Å². The zero-order valence-electron chi connectivity index (χ0n) is 13.3. The van der Waals surface area contributed by atoms with Crippen molar-refractivity contribution in [2.24, 2.45) is 0 Å². The summed E-state index contributed by atoms with van der Waals surface area (Å²) in [5.74, 6) is -0.558. The van der Waals surface area contributed by atoms with E-state index in [4.69, 9.17) is 0 Å². The molecule has 0 aliphatic heterocycles. The van der Waals surface area contributed by atoms with Crippen LogP contribution < -0.4 is 5.32 Å². The van der Waals surface area contributed by atoms with Gasteiger partial charge in [0.05, 0.1) is 24.6 Å². The van der Waals surface area contributed by atoms with Gasteiger partial charge in [0.2, 0.25) is 0 Å². The zero-order chi connectivity index (χ0) is 16.3. The molecule has 0 radical (unpaired) electrons. The van der Waals surface area contributed by atoms with Gasteiger partial charge < -0.3 is 10.1 Å².